The van der Waals surface area contributed by atoms with E-state index >= 15 is 0 Å². The van der Waals surface area contributed by atoms with Gasteiger partial charge in [0.15, 0.2) is 0 Å². The van der Waals surface area contributed by atoms with Gasteiger partial charge >= 0.3 is 0 Å². The molecule has 4 aromatic rings. The molecule has 1 N–H and O–H groups in total. The number of benzene rings is 2. The van der Waals surface area contributed by atoms with Crippen LogP contribution in [-0.4, -0.2) is 15.2 Å². The van der Waals surface area contributed by atoms with Crippen LogP contribution in [0.25, 0.3) is 33.1 Å². The quantitative estimate of drug-likeness (QED) is 0.519. The Morgan fingerprint density at radius 1 is 0.960 bits per heavy atom. The maximum atomic E-state index is 5.49. The number of aromatic amines is 1. The van der Waals surface area contributed by atoms with Crippen LogP contribution in [0.1, 0.15) is 29.5 Å². The average Bonchev–Trinajstić information content (AvgIpc) is 3.16. The van der Waals surface area contributed by atoms with Crippen molar-refractivity contribution in [2.45, 2.75) is 25.7 Å². The van der Waals surface area contributed by atoms with Crippen LogP contribution in [0.5, 0.6) is 0 Å². The molecular weight excluding hydrogens is 306 g/mol. The lowest BCUT2D eigenvalue weighted by molar-refractivity contribution is 0.689. The van der Waals surface area contributed by atoms with Gasteiger partial charge in [-0.05, 0) is 61.1 Å². The Morgan fingerprint density at radius 2 is 1.76 bits per heavy atom. The summed E-state index contributed by atoms with van der Waals surface area (Å²) >= 11 is 0. The number of nitrogens with one attached hydrogen (secondary N) is 1. The van der Waals surface area contributed by atoms with Crippen molar-refractivity contribution in [2.24, 2.45) is 0 Å². The number of nitrogens with zero attached hydrogens (tertiary/aromatic N) is 2. The minimum Gasteiger partial charge on any atom is -0.278 e. The molecule has 3 nitrogen and oxygen atoms in total. The number of hydrogen-bond donors (Lipinski definition) is 1. The van der Waals surface area contributed by atoms with Crippen LogP contribution in [0.2, 0.25) is 0 Å². The van der Waals surface area contributed by atoms with E-state index in [1.165, 1.54) is 34.7 Å². The first-order chi connectivity index (χ1) is 12.3. The number of rotatable bonds is 1. The molecule has 3 heteroatoms. The van der Waals surface area contributed by atoms with Gasteiger partial charge in [0, 0.05) is 21.9 Å². The van der Waals surface area contributed by atoms with E-state index in [0.29, 0.717) is 0 Å². The number of H-pyrrole nitrogens is 1. The standard InChI is InChI=1S/C22H17N3/c1-2-14-7-9-15(10-8-14)22-17-6-4-3-5-16(17)21-18-13-23-25-19(18)11-12-20(21)24-22/h1,7-13H,3-6H2,(H,23,25). The lowest BCUT2D eigenvalue weighted by atomic mass is 9.85. The second-order valence-corrected chi connectivity index (χ2v) is 6.64. The first kappa shape index (κ1) is 14.2. The lowest BCUT2D eigenvalue weighted by Gasteiger charge is -2.21. The molecule has 1 aliphatic carbocycles. The number of aryl methyl sites for hydroxylation is 1. The minimum atomic E-state index is 0.901. The summed E-state index contributed by atoms with van der Waals surface area (Å²) in [7, 11) is 0. The van der Waals surface area contributed by atoms with Crippen molar-refractivity contribution >= 4 is 21.8 Å². The summed E-state index contributed by atoms with van der Waals surface area (Å²) < 4.78 is 0. The van der Waals surface area contributed by atoms with E-state index in [0.717, 1.165) is 40.7 Å². The van der Waals surface area contributed by atoms with E-state index in [2.05, 4.69) is 40.4 Å². The van der Waals surface area contributed by atoms with Crippen LogP contribution >= 0.6 is 0 Å². The Hall–Kier alpha value is -3.12. The monoisotopic (exact) mass is 323 g/mol. The molecule has 0 amide bonds. The first-order valence-corrected chi connectivity index (χ1v) is 8.70. The number of terminal acetylenes is 1. The van der Waals surface area contributed by atoms with Gasteiger partial charge in [0.05, 0.1) is 22.9 Å². The predicted molar refractivity (Wildman–Crippen MR) is 101 cm³/mol. The molecule has 2 aromatic carbocycles. The Morgan fingerprint density at radius 3 is 2.56 bits per heavy atom. The van der Waals surface area contributed by atoms with Crippen molar-refractivity contribution in [1.82, 2.24) is 15.2 Å². The zero-order chi connectivity index (χ0) is 16.8. The normalized spacial score (nSPS) is 13.7. The van der Waals surface area contributed by atoms with Crippen LogP contribution < -0.4 is 0 Å². The molecule has 0 bridgehead atoms. The highest BCUT2D eigenvalue weighted by Gasteiger charge is 2.21. The minimum absolute atomic E-state index is 0.901. The molecule has 25 heavy (non-hydrogen) atoms. The third-order valence-electron chi connectivity index (χ3n) is 5.21. The highest BCUT2D eigenvalue weighted by Crippen LogP contribution is 2.37. The van der Waals surface area contributed by atoms with Crippen molar-refractivity contribution in [3.05, 3.63) is 59.3 Å². The van der Waals surface area contributed by atoms with Gasteiger partial charge in [-0.1, -0.05) is 18.1 Å². The van der Waals surface area contributed by atoms with Crippen molar-refractivity contribution < 1.29 is 0 Å². The number of fused-ring (bicyclic) bond motifs is 5. The van der Waals surface area contributed by atoms with Gasteiger partial charge in [-0.25, -0.2) is 4.98 Å². The SMILES string of the molecule is C#Cc1ccc(-c2nc3ccc4[nH]ncc4c3c3c2CCCC3)cc1. The van der Waals surface area contributed by atoms with E-state index in [1.807, 2.05) is 18.3 Å². The maximum Gasteiger partial charge on any atom is 0.0744 e. The molecular formula is C22H17N3. The van der Waals surface area contributed by atoms with Crippen LogP contribution in [0, 0.1) is 12.3 Å². The molecule has 120 valence electrons. The van der Waals surface area contributed by atoms with Gasteiger partial charge in [0.2, 0.25) is 0 Å². The van der Waals surface area contributed by atoms with Gasteiger partial charge in [0.25, 0.3) is 0 Å². The van der Waals surface area contributed by atoms with E-state index in [1.54, 1.807) is 0 Å². The number of hydrogen-bond acceptors (Lipinski definition) is 2. The highest BCUT2D eigenvalue weighted by molar-refractivity contribution is 6.07. The summed E-state index contributed by atoms with van der Waals surface area (Å²) in [6, 6.07) is 12.3. The number of aromatic nitrogens is 3. The second-order valence-electron chi connectivity index (χ2n) is 6.64. The molecule has 1 aliphatic rings. The van der Waals surface area contributed by atoms with E-state index in [9.17, 15) is 0 Å². The fraction of sp³-hybridized carbons (Fsp3) is 0.182. The molecule has 0 saturated carbocycles. The van der Waals surface area contributed by atoms with Crippen molar-refractivity contribution in [2.75, 3.05) is 0 Å². The summed E-state index contributed by atoms with van der Waals surface area (Å²) in [4.78, 5) is 5.05. The van der Waals surface area contributed by atoms with Gasteiger partial charge in [-0.3, -0.25) is 5.10 Å². The summed E-state index contributed by atoms with van der Waals surface area (Å²) in [6.45, 7) is 0. The van der Waals surface area contributed by atoms with Crippen molar-refractivity contribution in [3.63, 3.8) is 0 Å². The molecule has 0 radical (unpaired) electrons. The van der Waals surface area contributed by atoms with Crippen LogP contribution in [-0.2, 0) is 12.8 Å². The predicted octanol–water partition coefficient (Wildman–Crippen LogP) is 4.64. The highest BCUT2D eigenvalue weighted by atomic mass is 15.1. The number of pyridine rings is 1. The van der Waals surface area contributed by atoms with Gasteiger partial charge in [0.1, 0.15) is 0 Å². The summed E-state index contributed by atoms with van der Waals surface area (Å²) in [5, 5.41) is 9.76. The average molecular weight is 323 g/mol. The molecule has 2 heterocycles. The Bertz CT molecular complexity index is 1140. The molecule has 2 aromatic heterocycles. The van der Waals surface area contributed by atoms with Gasteiger partial charge < -0.3 is 0 Å². The lowest BCUT2D eigenvalue weighted by Crippen LogP contribution is -2.07. The Kier molecular flexibility index (Phi) is 3.11. The van der Waals surface area contributed by atoms with Crippen molar-refractivity contribution in [1.29, 1.82) is 0 Å². The molecule has 0 unspecified atom stereocenters. The maximum absolute atomic E-state index is 5.49. The first-order valence-electron chi connectivity index (χ1n) is 8.70. The molecule has 5 rings (SSSR count). The smallest absolute Gasteiger partial charge is 0.0744 e. The Labute approximate surface area is 146 Å². The summed E-state index contributed by atoms with van der Waals surface area (Å²) in [5.41, 5.74) is 8.11. The second kappa shape index (κ2) is 5.46. The van der Waals surface area contributed by atoms with E-state index < -0.39 is 0 Å². The third-order valence-corrected chi connectivity index (χ3v) is 5.21. The van der Waals surface area contributed by atoms with E-state index in [-0.39, 0.29) is 0 Å². The van der Waals surface area contributed by atoms with Gasteiger partial charge in [-0.2, -0.15) is 5.10 Å². The summed E-state index contributed by atoms with van der Waals surface area (Å²) in [6.07, 6.45) is 12.1. The fourth-order valence-electron chi connectivity index (χ4n) is 4.01. The van der Waals surface area contributed by atoms with E-state index in [4.69, 9.17) is 11.4 Å². The van der Waals surface area contributed by atoms with Gasteiger partial charge in [-0.15, -0.1) is 6.42 Å². The van der Waals surface area contributed by atoms with Crippen LogP contribution in [0.4, 0.5) is 0 Å². The molecule has 0 aliphatic heterocycles. The Balaban J connectivity index is 1.85. The van der Waals surface area contributed by atoms with Crippen molar-refractivity contribution in [3.8, 4) is 23.6 Å². The topological polar surface area (TPSA) is 41.6 Å². The summed E-state index contributed by atoms with van der Waals surface area (Å²) in [5.74, 6) is 2.68. The largest absolute Gasteiger partial charge is 0.278 e. The zero-order valence-electron chi connectivity index (χ0n) is 13.8. The molecule has 0 saturated heterocycles. The molecule has 0 atom stereocenters. The van der Waals surface area contributed by atoms with Crippen LogP contribution in [0.3, 0.4) is 0 Å². The fourth-order valence-corrected chi connectivity index (χ4v) is 4.01. The molecule has 0 spiro atoms. The third kappa shape index (κ3) is 2.15. The molecule has 0 fully saturated rings. The van der Waals surface area contributed by atoms with Crippen LogP contribution in [0.15, 0.2) is 42.6 Å². The zero-order valence-corrected chi connectivity index (χ0v) is 13.8.